The Balaban J connectivity index is 1.95. The van der Waals surface area contributed by atoms with E-state index in [-0.39, 0.29) is 16.7 Å². The van der Waals surface area contributed by atoms with Gasteiger partial charge in [0.25, 0.3) is 0 Å². The van der Waals surface area contributed by atoms with E-state index >= 15 is 0 Å². The van der Waals surface area contributed by atoms with Crippen LogP contribution < -0.4 is 20.1 Å². The summed E-state index contributed by atoms with van der Waals surface area (Å²) in [6.07, 6.45) is 3.23. The topological polar surface area (TPSA) is 96.5 Å². The monoisotopic (exact) mass is 397 g/mol. The fourth-order valence-corrected chi connectivity index (χ4v) is 4.51. The Kier molecular flexibility index (Phi) is 8.07. The van der Waals surface area contributed by atoms with Crippen molar-refractivity contribution in [3.63, 3.8) is 0 Å². The van der Waals surface area contributed by atoms with E-state index in [1.54, 1.807) is 12.1 Å². The molecule has 1 aliphatic rings. The number of sulfonamides is 1. The summed E-state index contributed by atoms with van der Waals surface area (Å²) < 4.78 is 32.9. The Bertz CT molecular complexity index is 698. The minimum Gasteiger partial charge on any atom is -0.497 e. The van der Waals surface area contributed by atoms with E-state index < -0.39 is 16.1 Å². The van der Waals surface area contributed by atoms with Gasteiger partial charge >= 0.3 is 0 Å². The van der Waals surface area contributed by atoms with Crippen LogP contribution in [0.2, 0.25) is 0 Å². The molecule has 0 radical (unpaired) electrons. The third kappa shape index (κ3) is 6.48. The molecule has 1 aromatic rings. The highest BCUT2D eigenvalue weighted by Crippen LogP contribution is 2.17. The summed E-state index contributed by atoms with van der Waals surface area (Å²) in [4.78, 5) is 12.7. The third-order valence-electron chi connectivity index (χ3n) is 4.85. The van der Waals surface area contributed by atoms with Gasteiger partial charge in [-0.2, -0.15) is 4.72 Å². The quantitative estimate of drug-likeness (QED) is 0.587. The van der Waals surface area contributed by atoms with Gasteiger partial charge in [-0.25, -0.2) is 8.42 Å². The normalized spacial score (nSPS) is 18.9. The maximum atomic E-state index is 12.6. The number of hydrogen-bond acceptors (Lipinski definition) is 5. The molecule has 7 nitrogen and oxygen atoms in total. The molecule has 0 saturated carbocycles. The number of amides is 1. The van der Waals surface area contributed by atoms with Gasteiger partial charge in [-0.15, -0.1) is 0 Å². The molecule has 0 bridgehead atoms. The maximum Gasteiger partial charge on any atom is 0.241 e. The van der Waals surface area contributed by atoms with Crippen LogP contribution in [0, 0.1) is 11.8 Å². The van der Waals surface area contributed by atoms with Crippen molar-refractivity contribution in [2.75, 3.05) is 26.7 Å². The van der Waals surface area contributed by atoms with E-state index in [4.69, 9.17) is 4.74 Å². The number of hydrogen-bond donors (Lipinski definition) is 3. The molecule has 1 amide bonds. The van der Waals surface area contributed by atoms with E-state index in [9.17, 15) is 13.2 Å². The lowest BCUT2D eigenvalue weighted by molar-refractivity contribution is -0.123. The highest BCUT2D eigenvalue weighted by molar-refractivity contribution is 7.89. The van der Waals surface area contributed by atoms with Crippen LogP contribution in [0.5, 0.6) is 5.75 Å². The standard InChI is InChI=1S/C19H31N3O4S/c1-14(2)18(19(23)21-12-10-15-5-4-11-20-13-15)22-27(24,25)17-8-6-16(26-3)7-9-17/h6-9,14-15,18,20,22H,4-5,10-13H2,1-3H3,(H,21,23). The number of piperidine rings is 1. The highest BCUT2D eigenvalue weighted by atomic mass is 32.2. The van der Waals surface area contributed by atoms with Gasteiger partial charge < -0.3 is 15.4 Å². The van der Waals surface area contributed by atoms with Crippen molar-refractivity contribution in [1.82, 2.24) is 15.4 Å². The minimum absolute atomic E-state index is 0.107. The van der Waals surface area contributed by atoms with E-state index in [1.807, 2.05) is 13.8 Å². The van der Waals surface area contributed by atoms with Crippen molar-refractivity contribution in [3.8, 4) is 5.75 Å². The molecule has 0 aliphatic carbocycles. The number of rotatable bonds is 9. The molecule has 0 aromatic heterocycles. The van der Waals surface area contributed by atoms with Crippen molar-refractivity contribution in [2.45, 2.75) is 44.0 Å². The number of carbonyl (C=O) groups is 1. The zero-order valence-electron chi connectivity index (χ0n) is 16.3. The zero-order chi connectivity index (χ0) is 19.9. The Hall–Kier alpha value is -1.64. The van der Waals surface area contributed by atoms with E-state index in [1.165, 1.54) is 25.7 Å². The van der Waals surface area contributed by atoms with Gasteiger partial charge in [0, 0.05) is 6.54 Å². The van der Waals surface area contributed by atoms with Crippen LogP contribution in [0.25, 0.3) is 0 Å². The molecular weight excluding hydrogens is 366 g/mol. The molecule has 8 heteroatoms. The van der Waals surface area contributed by atoms with Crippen molar-refractivity contribution < 1.29 is 17.9 Å². The molecule has 1 aromatic carbocycles. The minimum atomic E-state index is -3.80. The first-order chi connectivity index (χ1) is 12.8. The second kappa shape index (κ2) is 10.1. The molecular formula is C19H31N3O4S. The Morgan fingerprint density at radius 2 is 2.00 bits per heavy atom. The number of methoxy groups -OCH3 is 1. The SMILES string of the molecule is COc1ccc(S(=O)(=O)NC(C(=O)NCCC2CCCNC2)C(C)C)cc1. The number of benzene rings is 1. The highest BCUT2D eigenvalue weighted by Gasteiger charge is 2.28. The summed E-state index contributed by atoms with van der Waals surface area (Å²) in [6, 6.07) is 5.27. The summed E-state index contributed by atoms with van der Waals surface area (Å²) in [7, 11) is -2.28. The molecule has 152 valence electrons. The van der Waals surface area contributed by atoms with Crippen molar-refractivity contribution in [2.24, 2.45) is 11.8 Å². The maximum absolute atomic E-state index is 12.6. The zero-order valence-corrected chi connectivity index (χ0v) is 17.1. The van der Waals surface area contributed by atoms with E-state index in [0.29, 0.717) is 18.2 Å². The number of nitrogens with one attached hydrogen (secondary N) is 3. The summed E-state index contributed by atoms with van der Waals surface area (Å²) in [5, 5.41) is 6.25. The molecule has 2 atom stereocenters. The Morgan fingerprint density at radius 1 is 1.30 bits per heavy atom. The summed E-state index contributed by atoms with van der Waals surface area (Å²) in [5.74, 6) is 0.678. The largest absolute Gasteiger partial charge is 0.497 e. The Morgan fingerprint density at radius 3 is 2.56 bits per heavy atom. The number of carbonyl (C=O) groups excluding carboxylic acids is 1. The second-order valence-corrected chi connectivity index (χ2v) is 9.02. The molecule has 1 saturated heterocycles. The van der Waals surface area contributed by atoms with Crippen molar-refractivity contribution >= 4 is 15.9 Å². The predicted octanol–water partition coefficient (Wildman–Crippen LogP) is 1.50. The average Bonchev–Trinajstić information content (AvgIpc) is 2.66. The Labute approximate surface area is 162 Å². The lowest BCUT2D eigenvalue weighted by Crippen LogP contribution is -2.50. The molecule has 2 unspecified atom stereocenters. The molecule has 1 heterocycles. The van der Waals surface area contributed by atoms with E-state index in [2.05, 4.69) is 15.4 Å². The summed E-state index contributed by atoms with van der Waals surface area (Å²) >= 11 is 0. The van der Waals surface area contributed by atoms with Crippen LogP contribution in [0.3, 0.4) is 0 Å². The lowest BCUT2D eigenvalue weighted by Gasteiger charge is -2.24. The second-order valence-electron chi connectivity index (χ2n) is 7.31. The van der Waals surface area contributed by atoms with Crippen LogP contribution >= 0.6 is 0 Å². The average molecular weight is 398 g/mol. The first-order valence-electron chi connectivity index (χ1n) is 9.48. The molecule has 0 spiro atoms. The van der Waals surface area contributed by atoms with Gasteiger partial charge in [0.15, 0.2) is 0 Å². The van der Waals surface area contributed by atoms with Gasteiger partial charge in [0.05, 0.1) is 12.0 Å². The molecule has 3 N–H and O–H groups in total. The number of ether oxygens (including phenoxy) is 1. The third-order valence-corrected chi connectivity index (χ3v) is 6.31. The first-order valence-corrected chi connectivity index (χ1v) is 11.0. The molecule has 1 fully saturated rings. The van der Waals surface area contributed by atoms with Crippen LogP contribution in [-0.2, 0) is 14.8 Å². The van der Waals surface area contributed by atoms with Crippen molar-refractivity contribution in [3.05, 3.63) is 24.3 Å². The van der Waals surface area contributed by atoms with Crippen LogP contribution in [0.4, 0.5) is 0 Å². The van der Waals surface area contributed by atoms with Crippen LogP contribution in [0.1, 0.15) is 33.1 Å². The van der Waals surface area contributed by atoms with E-state index in [0.717, 1.165) is 25.9 Å². The van der Waals surface area contributed by atoms with Crippen LogP contribution in [-0.4, -0.2) is 47.1 Å². The van der Waals surface area contributed by atoms with Gasteiger partial charge in [0.2, 0.25) is 15.9 Å². The molecule has 1 aliphatic heterocycles. The van der Waals surface area contributed by atoms with Gasteiger partial charge in [-0.3, -0.25) is 4.79 Å². The smallest absolute Gasteiger partial charge is 0.241 e. The summed E-state index contributed by atoms with van der Waals surface area (Å²) in [5.41, 5.74) is 0. The van der Waals surface area contributed by atoms with Crippen LogP contribution in [0.15, 0.2) is 29.2 Å². The van der Waals surface area contributed by atoms with Gasteiger partial charge in [0.1, 0.15) is 11.8 Å². The van der Waals surface area contributed by atoms with Gasteiger partial charge in [-0.05, 0) is 68.5 Å². The fraction of sp³-hybridized carbons (Fsp3) is 0.632. The predicted molar refractivity (Wildman–Crippen MR) is 105 cm³/mol. The first kappa shape index (κ1) is 21.7. The summed E-state index contributed by atoms with van der Waals surface area (Å²) in [6.45, 7) is 6.25. The molecule has 2 rings (SSSR count). The van der Waals surface area contributed by atoms with Crippen molar-refractivity contribution in [1.29, 1.82) is 0 Å². The van der Waals surface area contributed by atoms with Gasteiger partial charge in [-0.1, -0.05) is 13.8 Å². The molecule has 27 heavy (non-hydrogen) atoms. The fourth-order valence-electron chi connectivity index (χ4n) is 3.16. The lowest BCUT2D eigenvalue weighted by atomic mass is 9.96.